The highest BCUT2D eigenvalue weighted by molar-refractivity contribution is 5.69. The van der Waals surface area contributed by atoms with Crippen molar-refractivity contribution >= 4 is 0 Å². The minimum absolute atomic E-state index is 0.123. The van der Waals surface area contributed by atoms with Crippen molar-refractivity contribution in [2.75, 3.05) is 0 Å². The molecule has 1 heterocycles. The van der Waals surface area contributed by atoms with E-state index in [1.54, 1.807) is 0 Å². The molecule has 0 saturated carbocycles. The van der Waals surface area contributed by atoms with Crippen LogP contribution in [0.4, 0.5) is 0 Å². The second-order valence-electron chi connectivity index (χ2n) is 5.94. The molecule has 0 saturated heterocycles. The van der Waals surface area contributed by atoms with Gasteiger partial charge in [-0.1, -0.05) is 23.8 Å². The molecule has 1 aromatic carbocycles. The summed E-state index contributed by atoms with van der Waals surface area (Å²) in [6.07, 6.45) is 1.83. The summed E-state index contributed by atoms with van der Waals surface area (Å²) in [5.41, 5.74) is 4.68. The van der Waals surface area contributed by atoms with Crippen molar-refractivity contribution in [1.29, 1.82) is 5.26 Å². The molecule has 98 valence electrons. The Morgan fingerprint density at radius 2 is 1.89 bits per heavy atom. The Morgan fingerprint density at radius 1 is 1.21 bits per heavy atom. The number of nitriles is 1. The third kappa shape index (κ3) is 2.53. The summed E-state index contributed by atoms with van der Waals surface area (Å²) < 4.78 is 1.86. The van der Waals surface area contributed by atoms with Gasteiger partial charge in [-0.15, -0.1) is 0 Å². The van der Waals surface area contributed by atoms with E-state index in [1.165, 1.54) is 5.56 Å². The summed E-state index contributed by atoms with van der Waals surface area (Å²) in [5, 5.41) is 13.9. The molecule has 3 heteroatoms. The van der Waals surface area contributed by atoms with E-state index in [0.717, 1.165) is 16.8 Å². The Labute approximate surface area is 114 Å². The van der Waals surface area contributed by atoms with Gasteiger partial charge in [0, 0.05) is 11.8 Å². The standard InChI is InChI=1S/C16H19N3/c1-11-6-7-14(12(2)8-11)15-13(9-17)10-19(18-15)16(3,4)5/h6-8,10H,1-5H3. The van der Waals surface area contributed by atoms with Gasteiger partial charge in [0.1, 0.15) is 11.8 Å². The third-order valence-electron chi connectivity index (χ3n) is 3.16. The van der Waals surface area contributed by atoms with E-state index in [1.807, 2.05) is 16.9 Å². The molecule has 0 atom stereocenters. The highest BCUT2D eigenvalue weighted by Crippen LogP contribution is 2.27. The molecule has 0 N–H and O–H groups in total. The fourth-order valence-electron chi connectivity index (χ4n) is 2.08. The van der Waals surface area contributed by atoms with E-state index >= 15 is 0 Å². The molecule has 2 rings (SSSR count). The number of hydrogen-bond acceptors (Lipinski definition) is 2. The molecular weight excluding hydrogens is 234 g/mol. The van der Waals surface area contributed by atoms with Crippen molar-refractivity contribution in [3.05, 3.63) is 41.1 Å². The van der Waals surface area contributed by atoms with Gasteiger partial charge in [0.05, 0.1) is 11.1 Å². The van der Waals surface area contributed by atoms with Crippen LogP contribution in [0.5, 0.6) is 0 Å². The number of hydrogen-bond donors (Lipinski definition) is 0. The van der Waals surface area contributed by atoms with Gasteiger partial charge >= 0.3 is 0 Å². The first-order valence-electron chi connectivity index (χ1n) is 6.41. The summed E-state index contributed by atoms with van der Waals surface area (Å²) in [5.74, 6) is 0. The van der Waals surface area contributed by atoms with Crippen molar-refractivity contribution in [3.63, 3.8) is 0 Å². The van der Waals surface area contributed by atoms with Gasteiger partial charge in [-0.25, -0.2) is 0 Å². The molecule has 2 aromatic rings. The van der Waals surface area contributed by atoms with Crippen LogP contribution in [0.3, 0.4) is 0 Å². The van der Waals surface area contributed by atoms with E-state index in [2.05, 4.69) is 57.9 Å². The first kappa shape index (κ1) is 13.4. The van der Waals surface area contributed by atoms with Crippen LogP contribution < -0.4 is 0 Å². The van der Waals surface area contributed by atoms with E-state index in [9.17, 15) is 5.26 Å². The second kappa shape index (κ2) is 4.55. The molecule has 0 unspecified atom stereocenters. The Kier molecular flexibility index (Phi) is 3.20. The normalized spacial score (nSPS) is 11.4. The smallest absolute Gasteiger partial charge is 0.110 e. The predicted molar refractivity (Wildman–Crippen MR) is 76.8 cm³/mol. The van der Waals surface area contributed by atoms with Crippen LogP contribution in [0.1, 0.15) is 37.5 Å². The van der Waals surface area contributed by atoms with Crippen molar-refractivity contribution in [2.24, 2.45) is 0 Å². The summed E-state index contributed by atoms with van der Waals surface area (Å²) in [6.45, 7) is 10.3. The Morgan fingerprint density at radius 3 is 2.42 bits per heavy atom. The van der Waals surface area contributed by atoms with Gasteiger partial charge in [-0.05, 0) is 40.2 Å². The number of rotatable bonds is 1. The largest absolute Gasteiger partial charge is 0.265 e. The molecule has 3 nitrogen and oxygen atoms in total. The number of aryl methyl sites for hydroxylation is 2. The molecule has 0 bridgehead atoms. The third-order valence-corrected chi connectivity index (χ3v) is 3.16. The van der Waals surface area contributed by atoms with Crippen LogP contribution in [0.25, 0.3) is 11.3 Å². The topological polar surface area (TPSA) is 41.6 Å². The number of nitrogens with zero attached hydrogens (tertiary/aromatic N) is 3. The highest BCUT2D eigenvalue weighted by atomic mass is 15.3. The Hall–Kier alpha value is -2.08. The maximum absolute atomic E-state index is 9.30. The average molecular weight is 253 g/mol. The Balaban J connectivity index is 2.62. The fraction of sp³-hybridized carbons (Fsp3) is 0.375. The summed E-state index contributed by atoms with van der Waals surface area (Å²) in [6, 6.07) is 8.46. The molecule has 0 aliphatic carbocycles. The predicted octanol–water partition coefficient (Wildman–Crippen LogP) is 3.79. The SMILES string of the molecule is Cc1ccc(-c2nn(C(C)(C)C)cc2C#N)c(C)c1. The molecular formula is C16H19N3. The molecule has 0 fully saturated rings. The number of aromatic nitrogens is 2. The maximum atomic E-state index is 9.30. The van der Waals surface area contributed by atoms with Gasteiger partial charge in [-0.3, -0.25) is 4.68 Å². The van der Waals surface area contributed by atoms with Crippen molar-refractivity contribution in [3.8, 4) is 17.3 Å². The quantitative estimate of drug-likeness (QED) is 0.775. The van der Waals surface area contributed by atoms with E-state index < -0.39 is 0 Å². The van der Waals surface area contributed by atoms with Crippen LogP contribution in [-0.4, -0.2) is 9.78 Å². The average Bonchev–Trinajstić information content (AvgIpc) is 2.72. The molecule has 0 spiro atoms. The van der Waals surface area contributed by atoms with Gasteiger partial charge in [0.25, 0.3) is 0 Å². The molecule has 1 aromatic heterocycles. The van der Waals surface area contributed by atoms with Crippen LogP contribution in [0.2, 0.25) is 0 Å². The van der Waals surface area contributed by atoms with Gasteiger partial charge in [0.15, 0.2) is 0 Å². The van der Waals surface area contributed by atoms with Gasteiger partial charge < -0.3 is 0 Å². The first-order valence-corrected chi connectivity index (χ1v) is 6.41. The highest BCUT2D eigenvalue weighted by Gasteiger charge is 2.19. The lowest BCUT2D eigenvalue weighted by atomic mass is 10.0. The lowest BCUT2D eigenvalue weighted by molar-refractivity contribution is 0.356. The number of benzene rings is 1. The fourth-order valence-corrected chi connectivity index (χ4v) is 2.08. The van der Waals surface area contributed by atoms with Crippen LogP contribution in [-0.2, 0) is 5.54 Å². The summed E-state index contributed by atoms with van der Waals surface area (Å²) in [4.78, 5) is 0. The Bertz CT molecular complexity index is 652. The zero-order valence-corrected chi connectivity index (χ0v) is 12.2. The lowest BCUT2D eigenvalue weighted by Gasteiger charge is -2.18. The minimum atomic E-state index is -0.123. The zero-order valence-electron chi connectivity index (χ0n) is 12.2. The van der Waals surface area contributed by atoms with Crippen molar-refractivity contribution < 1.29 is 0 Å². The molecule has 0 aliphatic rings. The van der Waals surface area contributed by atoms with E-state index in [4.69, 9.17) is 0 Å². The summed E-state index contributed by atoms with van der Waals surface area (Å²) >= 11 is 0. The first-order chi connectivity index (χ1) is 8.82. The monoisotopic (exact) mass is 253 g/mol. The maximum Gasteiger partial charge on any atom is 0.110 e. The zero-order chi connectivity index (χ0) is 14.2. The second-order valence-corrected chi connectivity index (χ2v) is 5.94. The van der Waals surface area contributed by atoms with E-state index in [-0.39, 0.29) is 5.54 Å². The molecule has 0 amide bonds. The van der Waals surface area contributed by atoms with Crippen molar-refractivity contribution in [2.45, 2.75) is 40.2 Å². The minimum Gasteiger partial charge on any atom is -0.265 e. The van der Waals surface area contributed by atoms with Crippen LogP contribution in [0.15, 0.2) is 24.4 Å². The molecule has 0 radical (unpaired) electrons. The molecule has 19 heavy (non-hydrogen) atoms. The van der Waals surface area contributed by atoms with Crippen molar-refractivity contribution in [1.82, 2.24) is 9.78 Å². The van der Waals surface area contributed by atoms with E-state index in [0.29, 0.717) is 5.56 Å². The van der Waals surface area contributed by atoms with Gasteiger partial charge in [-0.2, -0.15) is 10.4 Å². The van der Waals surface area contributed by atoms with Crippen LogP contribution in [0, 0.1) is 25.2 Å². The lowest BCUT2D eigenvalue weighted by Crippen LogP contribution is -2.22. The van der Waals surface area contributed by atoms with Gasteiger partial charge in [0.2, 0.25) is 0 Å². The van der Waals surface area contributed by atoms with Crippen LogP contribution >= 0.6 is 0 Å². The molecule has 0 aliphatic heterocycles. The summed E-state index contributed by atoms with van der Waals surface area (Å²) in [7, 11) is 0.